The quantitative estimate of drug-likeness (QED) is 0.792. The van der Waals surface area contributed by atoms with E-state index >= 15 is 0 Å². The zero-order valence-electron chi connectivity index (χ0n) is 9.10. The summed E-state index contributed by atoms with van der Waals surface area (Å²) in [7, 11) is 1.30. The lowest BCUT2D eigenvalue weighted by Crippen LogP contribution is -2.00. The van der Waals surface area contributed by atoms with Gasteiger partial charge < -0.3 is 4.74 Å². The fourth-order valence-corrected chi connectivity index (χ4v) is 1.48. The molecule has 0 atom stereocenters. The van der Waals surface area contributed by atoms with E-state index in [1.54, 1.807) is 24.3 Å². The van der Waals surface area contributed by atoms with E-state index in [4.69, 9.17) is 5.26 Å². The van der Waals surface area contributed by atoms with E-state index in [1.165, 1.54) is 7.11 Å². The monoisotopic (exact) mass is 227 g/mol. The summed E-state index contributed by atoms with van der Waals surface area (Å²) < 4.78 is 4.57. The molecule has 0 aliphatic carbocycles. The minimum absolute atomic E-state index is 0.259. The molecule has 0 aliphatic rings. The molecule has 5 heteroatoms. The summed E-state index contributed by atoms with van der Waals surface area (Å²) in [4.78, 5) is 11.3. The topological polar surface area (TPSA) is 78.8 Å². The maximum Gasteiger partial charge on any atom is 0.356 e. The Morgan fingerprint density at radius 1 is 1.47 bits per heavy atom. The summed E-state index contributed by atoms with van der Waals surface area (Å²) in [6.45, 7) is 0. The van der Waals surface area contributed by atoms with Crippen molar-refractivity contribution in [2.75, 3.05) is 7.11 Å². The third-order valence-corrected chi connectivity index (χ3v) is 2.31. The Morgan fingerprint density at radius 3 is 2.94 bits per heavy atom. The first kappa shape index (κ1) is 10.9. The van der Waals surface area contributed by atoms with Gasteiger partial charge in [-0.15, -0.1) is 0 Å². The molecule has 84 valence electrons. The fraction of sp³-hybridized carbons (Fsp3) is 0.0833. The number of H-pyrrole nitrogens is 1. The predicted molar refractivity (Wildman–Crippen MR) is 60.1 cm³/mol. The highest BCUT2D eigenvalue weighted by atomic mass is 16.5. The minimum atomic E-state index is -0.488. The fourth-order valence-electron chi connectivity index (χ4n) is 1.48. The highest BCUT2D eigenvalue weighted by Crippen LogP contribution is 2.21. The van der Waals surface area contributed by atoms with Crippen LogP contribution in [0, 0.1) is 11.3 Å². The molecule has 0 saturated carbocycles. The van der Waals surface area contributed by atoms with Crippen LogP contribution < -0.4 is 0 Å². The number of aromatic amines is 1. The lowest BCUT2D eigenvalue weighted by molar-refractivity contribution is 0.0594. The van der Waals surface area contributed by atoms with Crippen LogP contribution in [0.15, 0.2) is 30.3 Å². The maximum atomic E-state index is 11.3. The van der Waals surface area contributed by atoms with E-state index in [2.05, 4.69) is 21.0 Å². The van der Waals surface area contributed by atoms with Crippen molar-refractivity contribution < 1.29 is 9.53 Å². The Labute approximate surface area is 97.6 Å². The van der Waals surface area contributed by atoms with Crippen LogP contribution in [0.25, 0.3) is 11.3 Å². The normalized spacial score (nSPS) is 9.65. The number of nitriles is 1. The van der Waals surface area contributed by atoms with Gasteiger partial charge >= 0.3 is 5.97 Å². The Bertz CT molecular complexity index is 596. The largest absolute Gasteiger partial charge is 0.464 e. The Balaban J connectivity index is 2.44. The number of nitrogens with zero attached hydrogens (tertiary/aromatic N) is 2. The zero-order valence-corrected chi connectivity index (χ0v) is 9.10. The molecule has 1 aromatic heterocycles. The lowest BCUT2D eigenvalue weighted by Gasteiger charge is -1.97. The van der Waals surface area contributed by atoms with Gasteiger partial charge in [0.25, 0.3) is 0 Å². The summed E-state index contributed by atoms with van der Waals surface area (Å²) >= 11 is 0. The second-order valence-electron chi connectivity index (χ2n) is 3.32. The first-order valence-corrected chi connectivity index (χ1v) is 4.89. The number of benzene rings is 1. The van der Waals surface area contributed by atoms with Gasteiger partial charge in [0, 0.05) is 5.56 Å². The third-order valence-electron chi connectivity index (χ3n) is 2.31. The van der Waals surface area contributed by atoms with E-state index < -0.39 is 5.97 Å². The number of aromatic nitrogens is 2. The average molecular weight is 227 g/mol. The molecule has 0 unspecified atom stereocenters. The molecule has 0 amide bonds. The van der Waals surface area contributed by atoms with Gasteiger partial charge in [0.2, 0.25) is 0 Å². The van der Waals surface area contributed by atoms with Crippen molar-refractivity contribution in [3.8, 4) is 17.3 Å². The molecule has 2 rings (SSSR count). The second-order valence-corrected chi connectivity index (χ2v) is 3.32. The zero-order chi connectivity index (χ0) is 12.3. The van der Waals surface area contributed by atoms with Crippen LogP contribution in [0.4, 0.5) is 0 Å². The number of carbonyl (C=O) groups excluding carboxylic acids is 1. The van der Waals surface area contributed by atoms with E-state index in [0.29, 0.717) is 16.8 Å². The first-order chi connectivity index (χ1) is 8.26. The van der Waals surface area contributed by atoms with Crippen LogP contribution in [-0.4, -0.2) is 23.3 Å². The van der Waals surface area contributed by atoms with Gasteiger partial charge in [0.1, 0.15) is 5.69 Å². The molecule has 1 aromatic carbocycles. The van der Waals surface area contributed by atoms with Crippen LogP contribution in [-0.2, 0) is 4.74 Å². The van der Waals surface area contributed by atoms with Gasteiger partial charge in [0.15, 0.2) is 0 Å². The van der Waals surface area contributed by atoms with Gasteiger partial charge in [-0.25, -0.2) is 4.79 Å². The van der Waals surface area contributed by atoms with Gasteiger partial charge in [-0.3, -0.25) is 5.10 Å². The molecule has 5 nitrogen and oxygen atoms in total. The summed E-state index contributed by atoms with van der Waals surface area (Å²) in [6.07, 6.45) is 0. The van der Waals surface area contributed by atoms with Crippen molar-refractivity contribution in [1.29, 1.82) is 5.26 Å². The van der Waals surface area contributed by atoms with E-state index in [-0.39, 0.29) is 5.69 Å². The van der Waals surface area contributed by atoms with Crippen molar-refractivity contribution in [3.05, 3.63) is 41.6 Å². The van der Waals surface area contributed by atoms with Crippen molar-refractivity contribution in [1.82, 2.24) is 10.2 Å². The third kappa shape index (κ3) is 2.01. The van der Waals surface area contributed by atoms with E-state index in [1.807, 2.05) is 6.07 Å². The molecule has 1 heterocycles. The van der Waals surface area contributed by atoms with Gasteiger partial charge in [-0.1, -0.05) is 18.2 Å². The van der Waals surface area contributed by atoms with Crippen LogP contribution in [0.1, 0.15) is 16.1 Å². The summed E-state index contributed by atoms with van der Waals surface area (Å²) in [5.41, 5.74) is 2.00. The Morgan fingerprint density at radius 2 is 2.24 bits per heavy atom. The number of esters is 1. The number of nitrogens with one attached hydrogen (secondary N) is 1. The van der Waals surface area contributed by atoms with Gasteiger partial charge in [-0.05, 0) is 12.1 Å². The van der Waals surface area contributed by atoms with Crippen molar-refractivity contribution in [3.63, 3.8) is 0 Å². The van der Waals surface area contributed by atoms with Crippen LogP contribution in [0.3, 0.4) is 0 Å². The van der Waals surface area contributed by atoms with Gasteiger partial charge in [0.05, 0.1) is 24.4 Å². The predicted octanol–water partition coefficient (Wildman–Crippen LogP) is 1.73. The molecule has 0 radical (unpaired) electrons. The molecule has 0 saturated heterocycles. The average Bonchev–Trinajstić information content (AvgIpc) is 2.87. The van der Waals surface area contributed by atoms with E-state index in [0.717, 1.165) is 0 Å². The van der Waals surface area contributed by atoms with Crippen LogP contribution in [0.2, 0.25) is 0 Å². The summed E-state index contributed by atoms with van der Waals surface area (Å²) in [5, 5.41) is 15.5. The maximum absolute atomic E-state index is 11.3. The summed E-state index contributed by atoms with van der Waals surface area (Å²) in [5.74, 6) is -0.488. The highest BCUT2D eigenvalue weighted by Gasteiger charge is 2.12. The minimum Gasteiger partial charge on any atom is -0.464 e. The molecular formula is C12H9N3O2. The standard InChI is InChI=1S/C12H9N3O2/c1-17-12(16)11-6-10(14-15-11)9-5-3-2-4-8(9)7-13/h2-6H,1H3,(H,14,15). The summed E-state index contributed by atoms with van der Waals surface area (Å²) in [6, 6.07) is 10.7. The molecular weight excluding hydrogens is 218 g/mol. The molecule has 17 heavy (non-hydrogen) atoms. The van der Waals surface area contributed by atoms with Crippen LogP contribution >= 0.6 is 0 Å². The molecule has 0 bridgehead atoms. The number of carbonyl (C=O) groups is 1. The second kappa shape index (κ2) is 4.49. The van der Waals surface area contributed by atoms with Crippen molar-refractivity contribution in [2.24, 2.45) is 0 Å². The molecule has 1 N–H and O–H groups in total. The first-order valence-electron chi connectivity index (χ1n) is 4.89. The molecule has 2 aromatic rings. The van der Waals surface area contributed by atoms with E-state index in [9.17, 15) is 4.79 Å². The molecule has 0 fully saturated rings. The van der Waals surface area contributed by atoms with Gasteiger partial charge in [-0.2, -0.15) is 10.4 Å². The molecule has 0 aliphatic heterocycles. The van der Waals surface area contributed by atoms with Crippen LogP contribution in [0.5, 0.6) is 0 Å². The smallest absolute Gasteiger partial charge is 0.356 e. The Hall–Kier alpha value is -2.61. The number of hydrogen-bond donors (Lipinski definition) is 1. The Kier molecular flexibility index (Phi) is 2.88. The van der Waals surface area contributed by atoms with Crippen molar-refractivity contribution in [2.45, 2.75) is 0 Å². The molecule has 0 spiro atoms. The number of methoxy groups -OCH3 is 1. The van der Waals surface area contributed by atoms with Crippen molar-refractivity contribution >= 4 is 5.97 Å². The number of hydrogen-bond acceptors (Lipinski definition) is 4. The number of rotatable bonds is 2. The lowest BCUT2D eigenvalue weighted by atomic mass is 10.1. The SMILES string of the molecule is COC(=O)c1cc(-c2ccccc2C#N)n[nH]1. The highest BCUT2D eigenvalue weighted by molar-refractivity contribution is 5.88. The number of ether oxygens (including phenoxy) is 1.